The first-order valence-corrected chi connectivity index (χ1v) is 8.06. The minimum Gasteiger partial charge on any atom is -0.385 e. The first kappa shape index (κ1) is 16.9. The Hall–Kier alpha value is -1.18. The number of aliphatic hydroxyl groups excluding tert-OH is 1. The highest BCUT2D eigenvalue weighted by molar-refractivity contribution is 7.94. The molecule has 0 amide bonds. The lowest BCUT2D eigenvalue weighted by Gasteiger charge is -2.30. The van der Waals surface area contributed by atoms with Crippen molar-refractivity contribution in [3.63, 3.8) is 0 Å². The van der Waals surface area contributed by atoms with Crippen molar-refractivity contribution < 1.29 is 18.4 Å². The van der Waals surface area contributed by atoms with E-state index in [1.54, 1.807) is 6.92 Å². The molecule has 1 aromatic carbocycles. The lowest BCUT2D eigenvalue weighted by Crippen LogP contribution is -2.39. The summed E-state index contributed by atoms with van der Waals surface area (Å²) in [6.45, 7) is 3.01. The molecule has 20 heavy (non-hydrogen) atoms. The van der Waals surface area contributed by atoms with E-state index in [9.17, 15) is 23.6 Å². The van der Waals surface area contributed by atoms with Gasteiger partial charge in [0.1, 0.15) is 6.10 Å². The summed E-state index contributed by atoms with van der Waals surface area (Å²) in [6.07, 6.45) is -1.44. The number of nitro groups is 1. The highest BCUT2D eigenvalue weighted by Gasteiger charge is 2.46. The van der Waals surface area contributed by atoms with Crippen LogP contribution in [0.4, 0.5) is 5.69 Å². The van der Waals surface area contributed by atoms with Gasteiger partial charge in [0.15, 0.2) is 14.0 Å². The van der Waals surface area contributed by atoms with Crippen molar-refractivity contribution in [2.45, 2.75) is 30.6 Å². The van der Waals surface area contributed by atoms with Gasteiger partial charge in [-0.25, -0.2) is 8.42 Å². The number of nitro benzene ring substituents is 1. The van der Waals surface area contributed by atoms with E-state index >= 15 is 0 Å². The van der Waals surface area contributed by atoms with Crippen LogP contribution >= 0.6 is 11.6 Å². The van der Waals surface area contributed by atoms with Crippen LogP contribution in [0, 0.1) is 10.1 Å². The van der Waals surface area contributed by atoms with E-state index in [1.807, 2.05) is 0 Å². The molecule has 112 valence electrons. The van der Waals surface area contributed by atoms with Crippen molar-refractivity contribution in [1.29, 1.82) is 0 Å². The Balaban J connectivity index is 3.21. The van der Waals surface area contributed by atoms with Crippen molar-refractivity contribution in [3.05, 3.63) is 39.9 Å². The zero-order valence-corrected chi connectivity index (χ0v) is 12.7. The number of hydrogen-bond acceptors (Lipinski definition) is 5. The van der Waals surface area contributed by atoms with E-state index in [0.717, 1.165) is 0 Å². The second-order valence-electron chi connectivity index (χ2n) is 4.29. The first-order valence-electron chi connectivity index (χ1n) is 6.03. The van der Waals surface area contributed by atoms with Gasteiger partial charge in [0.25, 0.3) is 5.69 Å². The van der Waals surface area contributed by atoms with E-state index < -0.39 is 25.1 Å². The van der Waals surface area contributed by atoms with Gasteiger partial charge in [-0.1, -0.05) is 25.4 Å². The summed E-state index contributed by atoms with van der Waals surface area (Å²) in [5, 5.41) is 20.8. The van der Waals surface area contributed by atoms with Gasteiger partial charge in [0, 0.05) is 17.9 Å². The molecule has 0 unspecified atom stereocenters. The van der Waals surface area contributed by atoms with Gasteiger partial charge >= 0.3 is 0 Å². The molecule has 0 fully saturated rings. The fourth-order valence-electron chi connectivity index (χ4n) is 1.85. The average molecular weight is 322 g/mol. The lowest BCUT2D eigenvalue weighted by atomic mass is 10.0. The second kappa shape index (κ2) is 6.07. The number of benzene rings is 1. The van der Waals surface area contributed by atoms with Crippen LogP contribution < -0.4 is 0 Å². The third-order valence-electron chi connectivity index (χ3n) is 3.21. The summed E-state index contributed by atoms with van der Waals surface area (Å²) in [5.41, 5.74) is 0.0837. The Bertz CT molecular complexity index is 586. The molecule has 0 heterocycles. The van der Waals surface area contributed by atoms with Crippen LogP contribution in [0.3, 0.4) is 0 Å². The third kappa shape index (κ3) is 2.94. The molecule has 1 aromatic rings. The standard InChI is InChI=1S/C12H16ClNO5S/c1-3-12(13,20(18,19)4-2)11(15)9-5-7-10(8-6-9)14(16)17/h5-8,11,15H,3-4H2,1-2H3/t11-,12-/m1/s1. The van der Waals surface area contributed by atoms with Gasteiger partial charge in [-0.15, -0.1) is 0 Å². The molecule has 2 atom stereocenters. The van der Waals surface area contributed by atoms with Crippen molar-refractivity contribution in [2.75, 3.05) is 5.75 Å². The number of alkyl halides is 1. The normalized spacial score (nSPS) is 16.4. The quantitative estimate of drug-likeness (QED) is 0.493. The Morgan fingerprint density at radius 3 is 2.20 bits per heavy atom. The van der Waals surface area contributed by atoms with Crippen molar-refractivity contribution in [3.8, 4) is 0 Å². The number of hydrogen-bond donors (Lipinski definition) is 1. The summed E-state index contributed by atoms with van der Waals surface area (Å²) in [7, 11) is -3.70. The van der Waals surface area contributed by atoms with E-state index in [0.29, 0.717) is 0 Å². The SMILES string of the molecule is CC[C@](Cl)([C@H](O)c1ccc([N+](=O)[O-])cc1)S(=O)(=O)CC. The Morgan fingerprint density at radius 1 is 1.35 bits per heavy atom. The molecule has 1 N–H and O–H groups in total. The van der Waals surface area contributed by atoms with E-state index in [-0.39, 0.29) is 23.4 Å². The van der Waals surface area contributed by atoms with Gasteiger partial charge in [0.05, 0.1) is 4.92 Å². The lowest BCUT2D eigenvalue weighted by molar-refractivity contribution is -0.384. The molecular weight excluding hydrogens is 306 g/mol. The topological polar surface area (TPSA) is 97.5 Å². The fourth-order valence-corrected chi connectivity index (χ4v) is 3.70. The molecule has 0 bridgehead atoms. The summed E-state index contributed by atoms with van der Waals surface area (Å²) in [5.74, 6) is -0.200. The predicted octanol–water partition coefficient (Wildman–Crippen LogP) is 2.41. The van der Waals surface area contributed by atoms with Gasteiger partial charge < -0.3 is 5.11 Å². The predicted molar refractivity (Wildman–Crippen MR) is 76.4 cm³/mol. The number of nitrogens with zero attached hydrogens (tertiary/aromatic N) is 1. The highest BCUT2D eigenvalue weighted by atomic mass is 35.5. The molecule has 8 heteroatoms. The summed E-state index contributed by atoms with van der Waals surface area (Å²) >= 11 is 6.13. The van der Waals surface area contributed by atoms with Crippen LogP contribution in [-0.2, 0) is 9.84 Å². The molecule has 0 aliphatic carbocycles. The highest BCUT2D eigenvalue weighted by Crippen LogP contribution is 2.40. The van der Waals surface area contributed by atoms with Gasteiger partial charge in [-0.3, -0.25) is 10.1 Å². The van der Waals surface area contributed by atoms with Crippen molar-refractivity contribution >= 4 is 27.1 Å². The van der Waals surface area contributed by atoms with Gasteiger partial charge in [-0.05, 0) is 24.1 Å². The number of halogens is 1. The summed E-state index contributed by atoms with van der Waals surface area (Å²) < 4.78 is 22.2. The maximum absolute atomic E-state index is 12.0. The van der Waals surface area contributed by atoms with Crippen LogP contribution in [0.15, 0.2) is 24.3 Å². The zero-order chi connectivity index (χ0) is 15.6. The maximum Gasteiger partial charge on any atom is 0.269 e. The molecule has 0 aliphatic heterocycles. The van der Waals surface area contributed by atoms with Crippen LogP contribution in [0.25, 0.3) is 0 Å². The van der Waals surface area contributed by atoms with E-state index in [2.05, 4.69) is 0 Å². The Morgan fingerprint density at radius 2 is 1.85 bits per heavy atom. The number of aliphatic hydroxyl groups is 1. The van der Waals surface area contributed by atoms with Crippen LogP contribution in [0.2, 0.25) is 0 Å². The van der Waals surface area contributed by atoms with E-state index in [1.165, 1.54) is 31.2 Å². The molecule has 0 aromatic heterocycles. The summed E-state index contributed by atoms with van der Waals surface area (Å²) in [6, 6.07) is 5.01. The van der Waals surface area contributed by atoms with Crippen molar-refractivity contribution in [1.82, 2.24) is 0 Å². The van der Waals surface area contributed by atoms with Crippen molar-refractivity contribution in [2.24, 2.45) is 0 Å². The smallest absolute Gasteiger partial charge is 0.269 e. The molecule has 0 aliphatic rings. The minimum atomic E-state index is -3.70. The van der Waals surface area contributed by atoms with Crippen LogP contribution in [0.5, 0.6) is 0 Å². The van der Waals surface area contributed by atoms with E-state index in [4.69, 9.17) is 11.6 Å². The molecule has 0 saturated heterocycles. The Kier molecular flexibility index (Phi) is 5.12. The first-order chi connectivity index (χ1) is 9.19. The fraction of sp³-hybridized carbons (Fsp3) is 0.500. The van der Waals surface area contributed by atoms with Crippen LogP contribution in [-0.4, -0.2) is 28.4 Å². The molecule has 1 rings (SSSR count). The third-order valence-corrected chi connectivity index (χ3v) is 6.69. The van der Waals surface area contributed by atoms with Crippen LogP contribution in [0.1, 0.15) is 31.9 Å². The Labute approximate surface area is 122 Å². The molecule has 6 nitrogen and oxygen atoms in total. The molecular formula is C12H16ClNO5S. The molecule has 0 saturated carbocycles. The number of sulfone groups is 1. The number of rotatable bonds is 6. The largest absolute Gasteiger partial charge is 0.385 e. The van der Waals surface area contributed by atoms with Gasteiger partial charge in [-0.2, -0.15) is 0 Å². The molecule has 0 spiro atoms. The van der Waals surface area contributed by atoms with Gasteiger partial charge in [0.2, 0.25) is 0 Å². The number of non-ortho nitro benzene ring substituents is 1. The minimum absolute atomic E-state index is 0.0167. The average Bonchev–Trinajstić information content (AvgIpc) is 2.45. The summed E-state index contributed by atoms with van der Waals surface area (Å²) in [4.78, 5) is 9.99. The monoisotopic (exact) mass is 321 g/mol. The second-order valence-corrected chi connectivity index (χ2v) is 7.73. The zero-order valence-electron chi connectivity index (χ0n) is 11.1. The maximum atomic E-state index is 12.0. The molecule has 0 radical (unpaired) electrons.